The van der Waals surface area contributed by atoms with Crippen molar-refractivity contribution in [3.63, 3.8) is 0 Å². The normalized spacial score (nSPS) is 17.4. The van der Waals surface area contributed by atoms with Gasteiger partial charge in [0.05, 0.1) is 11.1 Å². The van der Waals surface area contributed by atoms with Crippen molar-refractivity contribution in [2.75, 3.05) is 18.4 Å². The van der Waals surface area contributed by atoms with E-state index in [4.69, 9.17) is 4.84 Å². The molecule has 4 N–H and O–H groups in total. The van der Waals surface area contributed by atoms with Crippen LogP contribution in [0.4, 0.5) is 5.82 Å². The summed E-state index contributed by atoms with van der Waals surface area (Å²) in [6, 6.07) is 11.3. The van der Waals surface area contributed by atoms with E-state index in [2.05, 4.69) is 42.8 Å². The average molecular weight is 438 g/mol. The van der Waals surface area contributed by atoms with E-state index in [-0.39, 0.29) is 11.5 Å². The number of nitrogens with one attached hydrogen (secondary N) is 4. The Morgan fingerprint density at radius 2 is 2.03 bits per heavy atom. The van der Waals surface area contributed by atoms with E-state index < -0.39 is 5.66 Å². The van der Waals surface area contributed by atoms with Gasteiger partial charge in [0.2, 0.25) is 5.91 Å². The molecule has 3 aromatic rings. The molecule has 3 heterocycles. The summed E-state index contributed by atoms with van der Waals surface area (Å²) >= 11 is 0. The van der Waals surface area contributed by atoms with E-state index in [1.54, 1.807) is 6.07 Å². The number of benzene rings is 1. The van der Waals surface area contributed by atoms with E-state index in [0.29, 0.717) is 43.6 Å². The van der Waals surface area contributed by atoms with Gasteiger partial charge >= 0.3 is 0 Å². The molecular formula is C22H27N7O3. The molecule has 1 amide bonds. The van der Waals surface area contributed by atoms with Crippen molar-refractivity contribution in [3.05, 3.63) is 58.6 Å². The number of carbonyl (C=O) groups excluding carboxylic acids is 1. The summed E-state index contributed by atoms with van der Waals surface area (Å²) in [6.07, 6.45) is 4.86. The van der Waals surface area contributed by atoms with Crippen LogP contribution in [0.1, 0.15) is 31.9 Å². The van der Waals surface area contributed by atoms with Crippen molar-refractivity contribution in [1.29, 1.82) is 0 Å². The molecule has 10 nitrogen and oxygen atoms in total. The second-order valence-corrected chi connectivity index (χ2v) is 7.57. The largest absolute Gasteiger partial charge is 0.394 e. The van der Waals surface area contributed by atoms with Crippen LogP contribution in [0.15, 0.2) is 52.4 Å². The van der Waals surface area contributed by atoms with Crippen molar-refractivity contribution in [1.82, 2.24) is 25.6 Å². The molecule has 1 aromatic carbocycles. The minimum atomic E-state index is -0.755. The molecule has 1 atom stereocenters. The maximum atomic E-state index is 12.4. The highest BCUT2D eigenvalue weighted by atomic mass is 16.7. The molecule has 0 spiro atoms. The zero-order chi connectivity index (χ0) is 22.4. The highest BCUT2D eigenvalue weighted by Gasteiger charge is 2.37. The molecule has 0 saturated heterocycles. The number of aromatic amines is 1. The number of amides is 1. The quantitative estimate of drug-likeness (QED) is 0.359. The lowest BCUT2D eigenvalue weighted by atomic mass is 10.0. The van der Waals surface area contributed by atoms with Gasteiger partial charge in [-0.3, -0.25) is 9.59 Å². The number of carbonyl (C=O) groups is 1. The second-order valence-electron chi connectivity index (χ2n) is 7.57. The average Bonchev–Trinajstić information content (AvgIpc) is 3.49. The number of hydroxylamine groups is 1. The van der Waals surface area contributed by atoms with E-state index in [9.17, 15) is 9.59 Å². The zero-order valence-corrected chi connectivity index (χ0v) is 17.9. The fraction of sp³-hybridized carbons (Fsp3) is 0.364. The van der Waals surface area contributed by atoms with Crippen molar-refractivity contribution < 1.29 is 9.63 Å². The Kier molecular flexibility index (Phi) is 6.50. The highest BCUT2D eigenvalue weighted by Crippen LogP contribution is 2.31. The SMILES string of the molecule is CCn1cccc1C1(CCC(=O)NCCCNc2n[nH]c(=O)c3ccccc23)N=CON1. The van der Waals surface area contributed by atoms with Gasteiger partial charge in [-0.2, -0.15) is 5.10 Å². The van der Waals surface area contributed by atoms with Gasteiger partial charge in [0, 0.05) is 44.1 Å². The summed E-state index contributed by atoms with van der Waals surface area (Å²) in [5.74, 6) is 0.577. The predicted molar refractivity (Wildman–Crippen MR) is 122 cm³/mol. The predicted octanol–water partition coefficient (Wildman–Crippen LogP) is 1.86. The molecule has 168 valence electrons. The molecule has 2 aromatic heterocycles. The van der Waals surface area contributed by atoms with E-state index in [1.165, 1.54) is 6.40 Å². The Morgan fingerprint density at radius 1 is 1.19 bits per heavy atom. The van der Waals surface area contributed by atoms with Crippen LogP contribution in [-0.4, -0.2) is 40.2 Å². The van der Waals surface area contributed by atoms with Crippen molar-refractivity contribution >= 4 is 28.9 Å². The fourth-order valence-corrected chi connectivity index (χ4v) is 3.85. The second kappa shape index (κ2) is 9.65. The van der Waals surface area contributed by atoms with Crippen LogP contribution in [0, 0.1) is 0 Å². The fourth-order valence-electron chi connectivity index (χ4n) is 3.85. The summed E-state index contributed by atoms with van der Waals surface area (Å²) < 4.78 is 2.08. The van der Waals surface area contributed by atoms with E-state index in [1.807, 2.05) is 36.5 Å². The first kappa shape index (κ1) is 21.6. The summed E-state index contributed by atoms with van der Waals surface area (Å²) in [5.41, 5.74) is 2.95. The molecule has 0 fully saturated rings. The number of aliphatic imine (C=N–C) groups is 1. The van der Waals surface area contributed by atoms with Gasteiger partial charge in [0.25, 0.3) is 5.56 Å². The number of anilines is 1. The first-order valence-electron chi connectivity index (χ1n) is 10.7. The van der Waals surface area contributed by atoms with Crippen LogP contribution in [0.25, 0.3) is 10.8 Å². The van der Waals surface area contributed by atoms with Crippen molar-refractivity contribution in [2.45, 2.75) is 38.4 Å². The molecule has 0 saturated carbocycles. The smallest absolute Gasteiger partial charge is 0.272 e. The molecule has 10 heteroatoms. The van der Waals surface area contributed by atoms with Gasteiger partial charge in [-0.15, -0.1) is 5.48 Å². The number of hydrogen-bond donors (Lipinski definition) is 4. The molecule has 1 unspecified atom stereocenters. The Morgan fingerprint density at radius 3 is 2.81 bits per heavy atom. The molecule has 4 rings (SSSR count). The summed E-state index contributed by atoms with van der Waals surface area (Å²) in [5, 5.41) is 14.1. The van der Waals surface area contributed by atoms with Crippen LogP contribution >= 0.6 is 0 Å². The van der Waals surface area contributed by atoms with Crippen molar-refractivity contribution in [3.8, 4) is 0 Å². The van der Waals surface area contributed by atoms with Crippen LogP contribution in [0.5, 0.6) is 0 Å². The highest BCUT2D eigenvalue weighted by molar-refractivity contribution is 5.90. The molecule has 0 bridgehead atoms. The van der Waals surface area contributed by atoms with E-state index in [0.717, 1.165) is 17.6 Å². The maximum Gasteiger partial charge on any atom is 0.272 e. The lowest BCUT2D eigenvalue weighted by Crippen LogP contribution is -2.39. The number of H-pyrrole nitrogens is 1. The molecular weight excluding hydrogens is 410 g/mol. The van der Waals surface area contributed by atoms with Gasteiger partial charge in [0.1, 0.15) is 0 Å². The molecule has 32 heavy (non-hydrogen) atoms. The van der Waals surface area contributed by atoms with Gasteiger partial charge < -0.3 is 20.0 Å². The Bertz CT molecular complexity index is 1170. The lowest BCUT2D eigenvalue weighted by Gasteiger charge is -2.26. The molecule has 0 aliphatic carbocycles. The van der Waals surface area contributed by atoms with Gasteiger partial charge in [-0.25, -0.2) is 10.1 Å². The number of aryl methyl sites for hydroxylation is 1. The lowest BCUT2D eigenvalue weighted by molar-refractivity contribution is -0.121. The Labute approximate surface area is 185 Å². The summed E-state index contributed by atoms with van der Waals surface area (Å²) in [4.78, 5) is 33.9. The first-order chi connectivity index (χ1) is 15.6. The number of nitrogens with zero attached hydrogens (tertiary/aromatic N) is 3. The van der Waals surface area contributed by atoms with E-state index >= 15 is 0 Å². The molecule has 0 radical (unpaired) electrons. The number of aromatic nitrogens is 3. The first-order valence-corrected chi connectivity index (χ1v) is 10.7. The topological polar surface area (TPSA) is 125 Å². The summed E-state index contributed by atoms with van der Waals surface area (Å²) in [7, 11) is 0. The third-order valence-electron chi connectivity index (χ3n) is 5.53. The minimum absolute atomic E-state index is 0.0458. The van der Waals surface area contributed by atoms with Crippen LogP contribution < -0.4 is 21.7 Å². The monoisotopic (exact) mass is 437 g/mol. The Balaban J connectivity index is 1.24. The number of hydrogen-bond acceptors (Lipinski definition) is 7. The summed E-state index contributed by atoms with van der Waals surface area (Å²) in [6.45, 7) is 4.00. The van der Waals surface area contributed by atoms with Crippen LogP contribution in [0.2, 0.25) is 0 Å². The van der Waals surface area contributed by atoms with Crippen LogP contribution in [-0.2, 0) is 21.8 Å². The van der Waals surface area contributed by atoms with Gasteiger partial charge in [0.15, 0.2) is 17.9 Å². The third kappa shape index (κ3) is 4.50. The third-order valence-corrected chi connectivity index (χ3v) is 5.53. The van der Waals surface area contributed by atoms with Crippen LogP contribution in [0.3, 0.4) is 0 Å². The number of fused-ring (bicyclic) bond motifs is 1. The van der Waals surface area contributed by atoms with Gasteiger partial charge in [-0.1, -0.05) is 18.2 Å². The minimum Gasteiger partial charge on any atom is -0.394 e. The maximum absolute atomic E-state index is 12.4. The molecule has 1 aliphatic heterocycles. The Hall–Kier alpha value is -3.66. The number of rotatable bonds is 10. The van der Waals surface area contributed by atoms with Gasteiger partial charge in [-0.05, 0) is 31.5 Å². The standard InChI is InChI=1S/C22H27N7O3/c1-2-29-14-5-9-18(29)22(25-15-32-28-22)11-10-19(30)23-12-6-13-24-20-16-7-3-4-8-17(16)21(31)27-26-20/h3-5,7-9,14-15,28H,2,6,10-13H2,1H3,(H,23,30)(H,24,26)(H,27,31). The zero-order valence-electron chi connectivity index (χ0n) is 17.9. The molecule has 1 aliphatic rings. The van der Waals surface area contributed by atoms with Crippen molar-refractivity contribution in [2.24, 2.45) is 4.99 Å².